The second kappa shape index (κ2) is 4.67. The first-order valence-corrected chi connectivity index (χ1v) is 8.62. The first-order chi connectivity index (χ1) is 8.21. The Hall–Kier alpha value is -0.290. The highest BCUT2D eigenvalue weighted by Gasteiger charge is 2.43. The van der Waals surface area contributed by atoms with Gasteiger partial charge in [-0.1, -0.05) is 20.3 Å². The van der Waals surface area contributed by atoms with Gasteiger partial charge < -0.3 is 5.32 Å². The first kappa shape index (κ1) is 14.1. The number of carbonyl (C=O) groups excluding carboxylic acids is 1. The summed E-state index contributed by atoms with van der Waals surface area (Å²) in [7, 11) is -3.09. The highest BCUT2D eigenvalue weighted by atomic mass is 35.5. The molecule has 0 bridgehead atoms. The van der Waals surface area contributed by atoms with Crippen molar-refractivity contribution in [3.8, 4) is 0 Å². The number of nitrogens with one attached hydrogen (secondary N) is 1. The molecule has 2 aliphatic rings. The second-order valence-corrected chi connectivity index (χ2v) is 8.86. The topological polar surface area (TPSA) is 63.2 Å². The van der Waals surface area contributed by atoms with Crippen LogP contribution in [-0.4, -0.2) is 37.2 Å². The van der Waals surface area contributed by atoms with E-state index in [0.717, 1.165) is 19.3 Å². The molecule has 0 aromatic carbocycles. The van der Waals surface area contributed by atoms with Gasteiger partial charge in [0.25, 0.3) is 0 Å². The highest BCUT2D eigenvalue weighted by molar-refractivity contribution is 7.91. The Morgan fingerprint density at radius 3 is 2.44 bits per heavy atom. The lowest BCUT2D eigenvalue weighted by molar-refractivity contribution is -0.128. The molecule has 1 aliphatic heterocycles. The zero-order valence-electron chi connectivity index (χ0n) is 10.8. The molecular weight excluding hydrogens is 274 g/mol. The minimum Gasteiger partial charge on any atom is -0.351 e. The summed E-state index contributed by atoms with van der Waals surface area (Å²) >= 11 is 5.99. The van der Waals surface area contributed by atoms with Gasteiger partial charge in [-0.05, 0) is 18.3 Å². The molecule has 0 radical (unpaired) electrons. The van der Waals surface area contributed by atoms with Gasteiger partial charge in [0.1, 0.15) is 0 Å². The number of rotatable bonds is 2. The average Bonchev–Trinajstić information content (AvgIpc) is 2.66. The van der Waals surface area contributed by atoms with Crippen LogP contribution in [-0.2, 0) is 14.6 Å². The molecule has 1 amide bonds. The molecule has 2 fully saturated rings. The van der Waals surface area contributed by atoms with Crippen LogP contribution in [0, 0.1) is 11.3 Å². The molecule has 1 saturated heterocycles. The quantitative estimate of drug-likeness (QED) is 0.781. The maximum Gasteiger partial charge on any atom is 0.223 e. The third-order valence-corrected chi connectivity index (χ3v) is 6.56. The number of carbonyl (C=O) groups is 1. The molecule has 0 aromatic heterocycles. The fourth-order valence-electron chi connectivity index (χ4n) is 3.03. The van der Waals surface area contributed by atoms with Gasteiger partial charge in [0.15, 0.2) is 9.84 Å². The summed E-state index contributed by atoms with van der Waals surface area (Å²) in [5.41, 5.74) is 0.00335. The van der Waals surface area contributed by atoms with E-state index in [-0.39, 0.29) is 28.7 Å². The molecule has 6 heteroatoms. The van der Waals surface area contributed by atoms with E-state index in [1.165, 1.54) is 0 Å². The second-order valence-electron chi connectivity index (χ2n) is 6.14. The summed E-state index contributed by atoms with van der Waals surface area (Å²) in [4.78, 5) is 12.2. The zero-order valence-corrected chi connectivity index (χ0v) is 12.4. The van der Waals surface area contributed by atoms with Crippen molar-refractivity contribution in [1.29, 1.82) is 0 Å². The van der Waals surface area contributed by atoms with Gasteiger partial charge in [-0.15, -0.1) is 11.6 Å². The van der Waals surface area contributed by atoms with Crippen molar-refractivity contribution in [1.82, 2.24) is 5.32 Å². The molecule has 0 aromatic rings. The Kier molecular flexibility index (Phi) is 3.67. The molecule has 4 nitrogen and oxygen atoms in total. The fraction of sp³-hybridized carbons (Fsp3) is 0.917. The van der Waals surface area contributed by atoms with Gasteiger partial charge in [0.2, 0.25) is 5.91 Å². The largest absolute Gasteiger partial charge is 0.351 e. The average molecular weight is 294 g/mol. The van der Waals surface area contributed by atoms with Crippen molar-refractivity contribution in [3.63, 3.8) is 0 Å². The van der Waals surface area contributed by atoms with E-state index in [1.807, 2.05) is 0 Å². The van der Waals surface area contributed by atoms with E-state index in [2.05, 4.69) is 19.2 Å². The van der Waals surface area contributed by atoms with Crippen molar-refractivity contribution < 1.29 is 13.2 Å². The number of hydrogen-bond acceptors (Lipinski definition) is 3. The molecule has 104 valence electrons. The Bertz CT molecular complexity index is 446. The summed E-state index contributed by atoms with van der Waals surface area (Å²) in [5, 5.41) is 2.33. The number of sulfone groups is 1. The Labute approximate surface area is 113 Å². The molecule has 3 atom stereocenters. The highest BCUT2D eigenvalue weighted by Crippen LogP contribution is 2.42. The minimum atomic E-state index is -3.09. The summed E-state index contributed by atoms with van der Waals surface area (Å²) in [6.07, 6.45) is 2.97. The number of halogens is 1. The van der Waals surface area contributed by atoms with Crippen molar-refractivity contribution in [2.45, 2.75) is 44.5 Å². The zero-order chi connectivity index (χ0) is 13.6. The van der Waals surface area contributed by atoms with Crippen LogP contribution in [0.4, 0.5) is 0 Å². The van der Waals surface area contributed by atoms with Crippen LogP contribution in [0.5, 0.6) is 0 Å². The van der Waals surface area contributed by atoms with Crippen molar-refractivity contribution in [2.24, 2.45) is 11.3 Å². The number of amides is 1. The van der Waals surface area contributed by atoms with Gasteiger partial charge in [-0.25, -0.2) is 8.42 Å². The van der Waals surface area contributed by atoms with Gasteiger partial charge >= 0.3 is 0 Å². The molecule has 18 heavy (non-hydrogen) atoms. The number of hydrogen-bond donors (Lipinski definition) is 1. The predicted molar refractivity (Wildman–Crippen MR) is 71.3 cm³/mol. The fourth-order valence-corrected chi connectivity index (χ4v) is 5.58. The van der Waals surface area contributed by atoms with E-state index < -0.39 is 21.3 Å². The van der Waals surface area contributed by atoms with Crippen LogP contribution in [0.1, 0.15) is 33.1 Å². The SMILES string of the molecule is CC1(C)CCCC1C(=O)NC1CS(=O)(=O)CC1Cl. The van der Waals surface area contributed by atoms with Crippen molar-refractivity contribution in [3.05, 3.63) is 0 Å². The van der Waals surface area contributed by atoms with Crippen LogP contribution < -0.4 is 5.32 Å². The van der Waals surface area contributed by atoms with Gasteiger partial charge in [-0.3, -0.25) is 4.79 Å². The lowest BCUT2D eigenvalue weighted by Gasteiger charge is -2.27. The Morgan fingerprint density at radius 1 is 1.33 bits per heavy atom. The maximum atomic E-state index is 12.2. The van der Waals surface area contributed by atoms with Crippen LogP contribution in [0.15, 0.2) is 0 Å². The minimum absolute atomic E-state index is 0.00335. The van der Waals surface area contributed by atoms with Gasteiger partial charge in [0.05, 0.1) is 22.9 Å². The summed E-state index contributed by atoms with van der Waals surface area (Å²) in [6.45, 7) is 4.18. The monoisotopic (exact) mass is 293 g/mol. The van der Waals surface area contributed by atoms with Crippen LogP contribution in [0.2, 0.25) is 0 Å². The smallest absolute Gasteiger partial charge is 0.223 e. The summed E-state index contributed by atoms with van der Waals surface area (Å²) in [6, 6.07) is -0.430. The third-order valence-electron chi connectivity index (χ3n) is 4.18. The molecule has 1 N–H and O–H groups in total. The molecule has 1 heterocycles. The van der Waals surface area contributed by atoms with Crippen molar-refractivity contribution in [2.75, 3.05) is 11.5 Å². The van der Waals surface area contributed by atoms with Gasteiger partial charge in [-0.2, -0.15) is 0 Å². The molecule has 2 rings (SSSR count). The predicted octanol–water partition coefficient (Wildman–Crippen LogP) is 1.33. The third kappa shape index (κ3) is 2.82. The Balaban J connectivity index is 2.00. The summed E-state index contributed by atoms with van der Waals surface area (Å²) < 4.78 is 22.9. The molecular formula is C12H20ClNO3S. The van der Waals surface area contributed by atoms with Crippen LogP contribution in [0.25, 0.3) is 0 Å². The van der Waals surface area contributed by atoms with E-state index in [9.17, 15) is 13.2 Å². The Morgan fingerprint density at radius 2 is 2.00 bits per heavy atom. The number of alkyl halides is 1. The molecule has 1 saturated carbocycles. The van der Waals surface area contributed by atoms with E-state index >= 15 is 0 Å². The summed E-state index contributed by atoms with van der Waals surface area (Å²) in [5.74, 6) is -0.122. The standard InChI is InChI=1S/C12H20ClNO3S/c1-12(2)5-3-4-8(12)11(15)14-10-7-18(16,17)6-9(10)13/h8-10H,3-7H2,1-2H3,(H,14,15). The maximum absolute atomic E-state index is 12.2. The lowest BCUT2D eigenvalue weighted by Crippen LogP contribution is -2.45. The molecule has 3 unspecified atom stereocenters. The van der Waals surface area contributed by atoms with Crippen molar-refractivity contribution >= 4 is 27.3 Å². The first-order valence-electron chi connectivity index (χ1n) is 6.36. The lowest BCUT2D eigenvalue weighted by atomic mass is 9.81. The normalized spacial score (nSPS) is 37.6. The van der Waals surface area contributed by atoms with E-state index in [4.69, 9.17) is 11.6 Å². The molecule has 0 spiro atoms. The van der Waals surface area contributed by atoms with Crippen LogP contribution >= 0.6 is 11.6 Å². The van der Waals surface area contributed by atoms with Gasteiger partial charge in [0, 0.05) is 5.92 Å². The molecule has 1 aliphatic carbocycles. The van der Waals surface area contributed by atoms with E-state index in [1.54, 1.807) is 0 Å². The van der Waals surface area contributed by atoms with E-state index in [0.29, 0.717) is 0 Å². The van der Waals surface area contributed by atoms with Crippen LogP contribution in [0.3, 0.4) is 0 Å².